The van der Waals surface area contributed by atoms with Gasteiger partial charge in [0.05, 0.1) is 27.3 Å². The summed E-state index contributed by atoms with van der Waals surface area (Å²) >= 11 is 21.0. The zero-order chi connectivity index (χ0) is 19.4. The SMILES string of the molecule is O=C(N/N=C/c1ccc(Cl)c(Cl)c1)c1nn(Cc2ccc(Cl)cc2)cc1Br. The van der Waals surface area contributed by atoms with Crippen LogP contribution in [0, 0.1) is 0 Å². The van der Waals surface area contributed by atoms with Crippen LogP contribution in [0.1, 0.15) is 21.6 Å². The Morgan fingerprint density at radius 3 is 2.59 bits per heavy atom. The minimum atomic E-state index is -0.437. The lowest BCUT2D eigenvalue weighted by Gasteiger charge is -2.02. The van der Waals surface area contributed by atoms with E-state index in [2.05, 4.69) is 31.6 Å². The van der Waals surface area contributed by atoms with Gasteiger partial charge in [0, 0.05) is 11.2 Å². The lowest BCUT2D eigenvalue weighted by Crippen LogP contribution is -2.19. The molecule has 3 rings (SSSR count). The van der Waals surface area contributed by atoms with Crippen molar-refractivity contribution < 1.29 is 4.79 Å². The third-order valence-electron chi connectivity index (χ3n) is 3.51. The largest absolute Gasteiger partial charge is 0.293 e. The number of hydrogen-bond acceptors (Lipinski definition) is 3. The molecule has 0 radical (unpaired) electrons. The molecular formula is C18H12BrCl3N4O. The van der Waals surface area contributed by atoms with Crippen LogP contribution in [-0.2, 0) is 6.54 Å². The molecule has 0 aliphatic carbocycles. The van der Waals surface area contributed by atoms with Crippen LogP contribution in [0.25, 0.3) is 0 Å². The van der Waals surface area contributed by atoms with Crippen LogP contribution < -0.4 is 5.43 Å². The highest BCUT2D eigenvalue weighted by Gasteiger charge is 2.15. The van der Waals surface area contributed by atoms with Gasteiger partial charge in [0.2, 0.25) is 0 Å². The van der Waals surface area contributed by atoms with Crippen molar-refractivity contribution >= 4 is 62.9 Å². The first-order chi connectivity index (χ1) is 12.9. The molecule has 5 nitrogen and oxygen atoms in total. The number of benzene rings is 2. The summed E-state index contributed by atoms with van der Waals surface area (Å²) in [6.45, 7) is 0.510. The Morgan fingerprint density at radius 2 is 1.89 bits per heavy atom. The minimum absolute atomic E-state index is 0.232. The molecule has 1 aromatic heterocycles. The van der Waals surface area contributed by atoms with Crippen molar-refractivity contribution in [3.63, 3.8) is 0 Å². The molecular weight excluding hydrogens is 474 g/mol. The van der Waals surface area contributed by atoms with Crippen molar-refractivity contribution in [2.75, 3.05) is 0 Å². The van der Waals surface area contributed by atoms with Crippen molar-refractivity contribution in [3.8, 4) is 0 Å². The van der Waals surface area contributed by atoms with Crippen LogP contribution >= 0.6 is 50.7 Å². The maximum absolute atomic E-state index is 12.3. The lowest BCUT2D eigenvalue weighted by atomic mass is 10.2. The van der Waals surface area contributed by atoms with Gasteiger partial charge in [-0.1, -0.05) is 53.0 Å². The molecule has 0 saturated carbocycles. The van der Waals surface area contributed by atoms with Crippen molar-refractivity contribution in [1.82, 2.24) is 15.2 Å². The van der Waals surface area contributed by atoms with Gasteiger partial charge in [-0.3, -0.25) is 9.48 Å². The summed E-state index contributed by atoms with van der Waals surface area (Å²) in [6.07, 6.45) is 3.20. The summed E-state index contributed by atoms with van der Waals surface area (Å²) in [4.78, 5) is 12.3. The number of carbonyl (C=O) groups is 1. The van der Waals surface area contributed by atoms with E-state index in [1.807, 2.05) is 12.1 Å². The summed E-state index contributed by atoms with van der Waals surface area (Å²) in [6, 6.07) is 12.5. The van der Waals surface area contributed by atoms with Crippen molar-refractivity contribution in [1.29, 1.82) is 0 Å². The van der Waals surface area contributed by atoms with E-state index in [9.17, 15) is 4.79 Å². The second-order valence-corrected chi connectivity index (χ2v) is 7.63. The van der Waals surface area contributed by atoms with Gasteiger partial charge in [0.1, 0.15) is 0 Å². The van der Waals surface area contributed by atoms with E-state index < -0.39 is 5.91 Å². The number of nitrogens with zero attached hydrogens (tertiary/aromatic N) is 3. The quantitative estimate of drug-likeness (QED) is 0.387. The number of hydrazone groups is 1. The maximum atomic E-state index is 12.3. The minimum Gasteiger partial charge on any atom is -0.266 e. The molecule has 27 heavy (non-hydrogen) atoms. The van der Waals surface area contributed by atoms with Crippen molar-refractivity contribution in [2.45, 2.75) is 6.54 Å². The Morgan fingerprint density at radius 1 is 1.15 bits per heavy atom. The van der Waals surface area contributed by atoms with E-state index in [-0.39, 0.29) is 5.69 Å². The Kier molecular flexibility index (Phi) is 6.55. The summed E-state index contributed by atoms with van der Waals surface area (Å²) in [5, 5.41) is 9.74. The number of carbonyl (C=O) groups excluding carboxylic acids is 1. The monoisotopic (exact) mass is 484 g/mol. The van der Waals surface area contributed by atoms with Crippen LogP contribution in [0.15, 0.2) is 58.2 Å². The van der Waals surface area contributed by atoms with Gasteiger partial charge < -0.3 is 0 Å². The smallest absolute Gasteiger partial charge is 0.266 e. The van der Waals surface area contributed by atoms with E-state index in [4.69, 9.17) is 34.8 Å². The first-order valence-corrected chi connectivity index (χ1v) is 9.61. The molecule has 0 saturated heterocycles. The van der Waals surface area contributed by atoms with Crippen molar-refractivity contribution in [2.24, 2.45) is 5.10 Å². The Bertz CT molecular complexity index is 1000. The fourth-order valence-electron chi connectivity index (χ4n) is 2.22. The predicted octanol–water partition coefficient (Wildman–Crippen LogP) is 5.42. The standard InChI is InChI=1S/C18H12BrCl3N4O/c19-14-10-26(9-11-1-4-13(20)5-2-11)25-17(14)18(27)24-23-8-12-3-6-15(21)16(22)7-12/h1-8,10H,9H2,(H,24,27)/b23-8+. The molecule has 0 atom stereocenters. The molecule has 0 aliphatic heterocycles. The first kappa shape index (κ1) is 19.9. The Labute approximate surface area is 179 Å². The number of halogens is 4. The number of hydrogen-bond donors (Lipinski definition) is 1. The molecule has 0 fully saturated rings. The maximum Gasteiger partial charge on any atom is 0.293 e. The molecule has 0 aliphatic rings. The number of amides is 1. The van der Waals surface area contributed by atoms with E-state index in [0.717, 1.165) is 5.56 Å². The van der Waals surface area contributed by atoms with Crippen LogP contribution in [0.4, 0.5) is 0 Å². The molecule has 138 valence electrons. The van der Waals surface area contributed by atoms with Crippen LogP contribution in [-0.4, -0.2) is 21.9 Å². The predicted molar refractivity (Wildman–Crippen MR) is 112 cm³/mol. The molecule has 0 spiro atoms. The third-order valence-corrected chi connectivity index (χ3v) is 5.08. The highest BCUT2D eigenvalue weighted by atomic mass is 79.9. The molecule has 1 amide bonds. The second kappa shape index (κ2) is 8.89. The van der Waals surface area contributed by atoms with Gasteiger partial charge in [-0.05, 0) is 51.3 Å². The highest BCUT2D eigenvalue weighted by molar-refractivity contribution is 9.10. The first-order valence-electron chi connectivity index (χ1n) is 7.68. The highest BCUT2D eigenvalue weighted by Crippen LogP contribution is 2.22. The van der Waals surface area contributed by atoms with Crippen LogP contribution in [0.5, 0.6) is 0 Å². The average molecular weight is 487 g/mol. The van der Waals surface area contributed by atoms with Gasteiger partial charge in [-0.2, -0.15) is 10.2 Å². The second-order valence-electron chi connectivity index (χ2n) is 5.52. The number of aromatic nitrogens is 2. The van der Waals surface area contributed by atoms with E-state index in [0.29, 0.717) is 31.6 Å². The van der Waals surface area contributed by atoms with Gasteiger partial charge in [-0.25, -0.2) is 5.43 Å². The number of nitrogens with one attached hydrogen (secondary N) is 1. The lowest BCUT2D eigenvalue weighted by molar-refractivity contribution is 0.0948. The van der Waals surface area contributed by atoms with Crippen molar-refractivity contribution in [3.05, 3.63) is 85.0 Å². The Balaban J connectivity index is 1.66. The fraction of sp³-hybridized carbons (Fsp3) is 0.0556. The zero-order valence-corrected chi connectivity index (χ0v) is 17.5. The molecule has 9 heteroatoms. The topological polar surface area (TPSA) is 59.3 Å². The summed E-state index contributed by atoms with van der Waals surface area (Å²) in [7, 11) is 0. The van der Waals surface area contributed by atoms with Gasteiger partial charge in [-0.15, -0.1) is 0 Å². The third kappa shape index (κ3) is 5.32. The van der Waals surface area contributed by atoms with E-state index in [1.165, 1.54) is 6.21 Å². The molecule has 2 aromatic carbocycles. The van der Waals surface area contributed by atoms with E-state index in [1.54, 1.807) is 41.2 Å². The summed E-state index contributed by atoms with van der Waals surface area (Å²) in [5.41, 5.74) is 4.39. The fourth-order valence-corrected chi connectivity index (χ4v) is 3.15. The Hall–Kier alpha value is -1.86. The van der Waals surface area contributed by atoms with Gasteiger partial charge >= 0.3 is 0 Å². The molecule has 3 aromatic rings. The number of rotatable bonds is 5. The van der Waals surface area contributed by atoms with Gasteiger partial charge in [0.25, 0.3) is 5.91 Å². The molecule has 0 unspecified atom stereocenters. The molecule has 0 bridgehead atoms. The normalized spacial score (nSPS) is 11.1. The molecule has 1 N–H and O–H groups in total. The zero-order valence-electron chi connectivity index (χ0n) is 13.7. The van der Waals surface area contributed by atoms with Gasteiger partial charge in [0.15, 0.2) is 5.69 Å². The average Bonchev–Trinajstić information content (AvgIpc) is 3.00. The summed E-state index contributed by atoms with van der Waals surface area (Å²) < 4.78 is 2.23. The molecule has 1 heterocycles. The van der Waals surface area contributed by atoms with E-state index >= 15 is 0 Å². The summed E-state index contributed by atoms with van der Waals surface area (Å²) in [5.74, 6) is -0.437. The van der Waals surface area contributed by atoms with Crippen LogP contribution in [0.2, 0.25) is 15.1 Å². The van der Waals surface area contributed by atoms with Crippen LogP contribution in [0.3, 0.4) is 0 Å².